The Morgan fingerprint density at radius 3 is 1.82 bits per heavy atom. The van der Waals surface area contributed by atoms with Gasteiger partial charge in [-0.2, -0.15) is 0 Å². The van der Waals surface area contributed by atoms with E-state index < -0.39 is 0 Å². The average molecular weight is 232 g/mol. The summed E-state index contributed by atoms with van der Waals surface area (Å²) >= 11 is 0. The molecule has 0 saturated heterocycles. The summed E-state index contributed by atoms with van der Waals surface area (Å²) in [7, 11) is 0. The first-order valence-corrected chi connectivity index (χ1v) is 7.07. The minimum atomic E-state index is 0.472. The van der Waals surface area contributed by atoms with Crippen molar-refractivity contribution in [3.63, 3.8) is 0 Å². The van der Waals surface area contributed by atoms with Gasteiger partial charge in [0, 0.05) is 0 Å². The lowest BCUT2D eigenvalue weighted by Crippen LogP contribution is -2.17. The third-order valence-corrected chi connectivity index (χ3v) is 4.00. The van der Waals surface area contributed by atoms with Gasteiger partial charge < -0.3 is 0 Å². The van der Waals surface area contributed by atoms with Crippen LogP contribution in [0.2, 0.25) is 0 Å². The van der Waals surface area contributed by atoms with Crippen LogP contribution in [0.25, 0.3) is 0 Å². The Bertz CT molecular complexity index is 314. The summed E-state index contributed by atoms with van der Waals surface area (Å²) in [5.41, 5.74) is 3.43. The highest BCUT2D eigenvalue weighted by Gasteiger charge is 2.19. The topological polar surface area (TPSA) is 0 Å². The molecule has 0 unspecified atom stereocenters. The van der Waals surface area contributed by atoms with Crippen LogP contribution < -0.4 is 0 Å². The zero-order valence-electron chi connectivity index (χ0n) is 12.2. The average Bonchev–Trinajstić information content (AvgIpc) is 2.31. The maximum absolute atomic E-state index is 2.40. The molecule has 0 heterocycles. The summed E-state index contributed by atoms with van der Waals surface area (Å²) in [6.07, 6.45) is 4.93. The first-order chi connectivity index (χ1) is 7.99. The van der Waals surface area contributed by atoms with Gasteiger partial charge in [0.05, 0.1) is 0 Å². The van der Waals surface area contributed by atoms with Crippen molar-refractivity contribution in [3.8, 4) is 0 Å². The number of rotatable bonds is 6. The van der Waals surface area contributed by atoms with Gasteiger partial charge in [-0.3, -0.25) is 0 Å². The van der Waals surface area contributed by atoms with Crippen LogP contribution in [0.5, 0.6) is 0 Å². The van der Waals surface area contributed by atoms with E-state index in [9.17, 15) is 0 Å². The largest absolute Gasteiger partial charge is 0.0649 e. The van der Waals surface area contributed by atoms with Crippen LogP contribution in [0.3, 0.4) is 0 Å². The van der Waals surface area contributed by atoms with E-state index in [4.69, 9.17) is 0 Å². The van der Waals surface area contributed by atoms with E-state index in [2.05, 4.69) is 58.9 Å². The molecular weight excluding hydrogens is 204 g/mol. The Kier molecular flexibility index (Phi) is 5.24. The molecule has 0 heteroatoms. The molecule has 0 N–H and O–H groups in total. The summed E-state index contributed by atoms with van der Waals surface area (Å²) in [6.45, 7) is 11.6. The molecule has 0 aromatic heterocycles. The molecule has 96 valence electrons. The van der Waals surface area contributed by atoms with Gasteiger partial charge in [0.1, 0.15) is 0 Å². The van der Waals surface area contributed by atoms with Crippen molar-refractivity contribution >= 4 is 0 Å². The third kappa shape index (κ3) is 4.53. The molecule has 0 fully saturated rings. The fraction of sp³-hybridized carbons (Fsp3) is 0.647. The Labute approximate surface area is 107 Å². The van der Waals surface area contributed by atoms with E-state index in [1.165, 1.54) is 36.8 Å². The van der Waals surface area contributed by atoms with Crippen LogP contribution in [-0.2, 0) is 12.8 Å². The molecule has 0 aliphatic rings. The lowest BCUT2D eigenvalue weighted by atomic mass is 9.79. The first kappa shape index (κ1) is 14.3. The normalized spacial score (nSPS) is 12.1. The van der Waals surface area contributed by atoms with Gasteiger partial charge in [-0.1, -0.05) is 71.7 Å². The van der Waals surface area contributed by atoms with Crippen molar-refractivity contribution in [3.05, 3.63) is 35.4 Å². The van der Waals surface area contributed by atoms with E-state index in [1.54, 1.807) is 0 Å². The van der Waals surface area contributed by atoms with Gasteiger partial charge in [-0.15, -0.1) is 0 Å². The monoisotopic (exact) mass is 232 g/mol. The van der Waals surface area contributed by atoms with Crippen LogP contribution in [0.1, 0.15) is 58.6 Å². The van der Waals surface area contributed by atoms with E-state index in [0.717, 1.165) is 5.92 Å². The molecule has 0 saturated carbocycles. The summed E-state index contributed by atoms with van der Waals surface area (Å²) in [4.78, 5) is 0. The summed E-state index contributed by atoms with van der Waals surface area (Å²) in [6, 6.07) is 9.25. The highest BCUT2D eigenvalue weighted by Crippen LogP contribution is 2.30. The quantitative estimate of drug-likeness (QED) is 0.628. The number of hydrogen-bond donors (Lipinski definition) is 0. The van der Waals surface area contributed by atoms with Crippen LogP contribution in [0, 0.1) is 11.3 Å². The Morgan fingerprint density at radius 2 is 1.41 bits per heavy atom. The summed E-state index contributed by atoms with van der Waals surface area (Å²) in [5.74, 6) is 0.748. The SMILES string of the molecule is CCC(C)(CC)Cc1ccc(CC(C)C)cc1. The van der Waals surface area contributed by atoms with Crippen molar-refractivity contribution in [2.24, 2.45) is 11.3 Å². The maximum atomic E-state index is 2.40. The summed E-state index contributed by atoms with van der Waals surface area (Å²) in [5, 5.41) is 0. The smallest absolute Gasteiger partial charge is 0.0225 e. The zero-order chi connectivity index (χ0) is 12.9. The third-order valence-electron chi connectivity index (χ3n) is 4.00. The maximum Gasteiger partial charge on any atom is -0.0225 e. The van der Waals surface area contributed by atoms with Gasteiger partial charge in [0.2, 0.25) is 0 Å². The zero-order valence-corrected chi connectivity index (χ0v) is 12.2. The lowest BCUT2D eigenvalue weighted by molar-refractivity contribution is 0.296. The molecule has 0 atom stereocenters. The second kappa shape index (κ2) is 6.23. The predicted octanol–water partition coefficient (Wildman–Crippen LogP) is 5.25. The van der Waals surface area contributed by atoms with Gasteiger partial charge in [0.25, 0.3) is 0 Å². The van der Waals surface area contributed by atoms with Crippen LogP contribution in [0.4, 0.5) is 0 Å². The van der Waals surface area contributed by atoms with Gasteiger partial charge in [0.15, 0.2) is 0 Å². The van der Waals surface area contributed by atoms with E-state index in [-0.39, 0.29) is 0 Å². The van der Waals surface area contributed by atoms with Gasteiger partial charge in [-0.05, 0) is 35.3 Å². The minimum Gasteiger partial charge on any atom is -0.0649 e. The van der Waals surface area contributed by atoms with Gasteiger partial charge >= 0.3 is 0 Å². The fourth-order valence-electron chi connectivity index (χ4n) is 2.26. The van der Waals surface area contributed by atoms with Crippen molar-refractivity contribution < 1.29 is 0 Å². The molecule has 0 bridgehead atoms. The molecule has 1 rings (SSSR count). The van der Waals surface area contributed by atoms with Crippen molar-refractivity contribution in [2.45, 2.75) is 60.3 Å². The molecule has 0 spiro atoms. The molecule has 0 aliphatic carbocycles. The second-order valence-electron chi connectivity index (χ2n) is 6.11. The van der Waals surface area contributed by atoms with Crippen molar-refractivity contribution in [2.75, 3.05) is 0 Å². The minimum absolute atomic E-state index is 0.472. The van der Waals surface area contributed by atoms with Crippen LogP contribution in [0.15, 0.2) is 24.3 Å². The summed E-state index contributed by atoms with van der Waals surface area (Å²) < 4.78 is 0. The Morgan fingerprint density at radius 1 is 0.941 bits per heavy atom. The first-order valence-electron chi connectivity index (χ1n) is 7.07. The van der Waals surface area contributed by atoms with E-state index >= 15 is 0 Å². The highest BCUT2D eigenvalue weighted by atomic mass is 14.2. The Balaban J connectivity index is 2.68. The molecular formula is C17H28. The standard InChI is InChI=1S/C17H28/c1-6-17(5,7-2)13-16-10-8-15(9-11-16)12-14(3)4/h8-11,14H,6-7,12-13H2,1-5H3. The van der Waals surface area contributed by atoms with Crippen molar-refractivity contribution in [1.29, 1.82) is 0 Å². The molecule has 1 aromatic carbocycles. The lowest BCUT2D eigenvalue weighted by Gasteiger charge is -2.26. The molecule has 0 nitrogen and oxygen atoms in total. The van der Waals surface area contributed by atoms with Crippen LogP contribution >= 0.6 is 0 Å². The molecule has 1 aromatic rings. The van der Waals surface area contributed by atoms with Gasteiger partial charge in [-0.25, -0.2) is 0 Å². The molecule has 17 heavy (non-hydrogen) atoms. The highest BCUT2D eigenvalue weighted by molar-refractivity contribution is 5.23. The predicted molar refractivity (Wildman–Crippen MR) is 77.4 cm³/mol. The van der Waals surface area contributed by atoms with E-state index in [0.29, 0.717) is 5.41 Å². The number of hydrogen-bond acceptors (Lipinski definition) is 0. The second-order valence-corrected chi connectivity index (χ2v) is 6.11. The Hall–Kier alpha value is -0.780. The van der Waals surface area contributed by atoms with Crippen LogP contribution in [-0.4, -0.2) is 0 Å². The van der Waals surface area contributed by atoms with Crippen molar-refractivity contribution in [1.82, 2.24) is 0 Å². The number of benzene rings is 1. The molecule has 0 amide bonds. The molecule has 0 radical (unpaired) electrons. The molecule has 0 aliphatic heterocycles. The fourth-order valence-corrected chi connectivity index (χ4v) is 2.26. The van der Waals surface area contributed by atoms with E-state index in [1.807, 2.05) is 0 Å².